The molecule has 2 fully saturated rings. The number of benzene rings is 2. The first-order valence-electron chi connectivity index (χ1n) is 28.9. The molecule has 0 radical (unpaired) electrons. The van der Waals surface area contributed by atoms with E-state index in [9.17, 15) is 67.4 Å². The molecule has 0 aliphatic carbocycles. The van der Waals surface area contributed by atoms with E-state index in [1.807, 2.05) is 0 Å². The zero-order valence-corrected chi connectivity index (χ0v) is 48.9. The highest BCUT2D eigenvalue weighted by Gasteiger charge is 2.43. The van der Waals surface area contributed by atoms with Gasteiger partial charge in [0.15, 0.2) is 0 Å². The fraction of sp³-hybridized carbons (Fsp3) is 0.534. The number of H-pyrrole nitrogens is 1. The number of carboxylic acid groups (broad SMARTS) is 1. The number of carboxylic acids is 1. The van der Waals surface area contributed by atoms with Gasteiger partial charge in [-0.25, -0.2) is 4.79 Å². The number of nitrogens with zero attached hydrogens (tertiary/aromatic N) is 2. The molecule has 9 atom stereocenters. The Hall–Kier alpha value is -8.95. The Morgan fingerprint density at radius 2 is 1.08 bits per heavy atom. The monoisotopic (exact) mass is 1200 g/mol. The largest absolute Gasteiger partial charge is 0.480 e. The van der Waals surface area contributed by atoms with Crippen LogP contribution in [0.25, 0.3) is 10.9 Å². The minimum Gasteiger partial charge on any atom is -0.480 e. The van der Waals surface area contributed by atoms with E-state index in [-0.39, 0.29) is 83.2 Å². The average molecular weight is 1200 g/mol. The van der Waals surface area contributed by atoms with E-state index in [1.165, 1.54) is 9.80 Å². The predicted octanol–water partition coefficient (Wildman–Crippen LogP) is -2.13. The van der Waals surface area contributed by atoms with Crippen LogP contribution in [0.4, 0.5) is 0 Å². The summed E-state index contributed by atoms with van der Waals surface area (Å²) in [5.74, 6) is -11.5. The van der Waals surface area contributed by atoms with Crippen LogP contribution in [0.5, 0.6) is 0 Å². The van der Waals surface area contributed by atoms with Crippen molar-refractivity contribution in [3.05, 3.63) is 71.9 Å². The number of likely N-dealkylation sites (tertiary alicyclic amines) is 2. The molecule has 3 heterocycles. The maximum atomic E-state index is 14.9. The van der Waals surface area contributed by atoms with Crippen molar-refractivity contribution in [2.45, 2.75) is 166 Å². The van der Waals surface area contributed by atoms with Crippen molar-refractivity contribution in [2.75, 3.05) is 19.6 Å². The van der Waals surface area contributed by atoms with Crippen LogP contribution in [0, 0.1) is 11.8 Å². The summed E-state index contributed by atoms with van der Waals surface area (Å²) in [5, 5.41) is 28.7. The molecule has 0 spiro atoms. The molecule has 17 N–H and O–H groups in total. The first-order valence-corrected chi connectivity index (χ1v) is 28.9. The Morgan fingerprint density at radius 3 is 1.65 bits per heavy atom. The molecule has 0 bridgehead atoms. The standard InChI is InChI=1S/C58H82N14O14/c1-31(2)26-40(69-56(83)43-16-10-25-72(43)57(84)44-17-11-24-71(44)48(76)30-64-50(77)36(59)18-21-45(60)73)53(80)65-38(19-22-46(61)74)51(78)68-42(28-34-29-63-37-15-9-8-14-35(34)37)55(82)67-41(27-33-12-6-5-7-13-33)54(81)66-39(20-23-47(62)75)52(79)70-49(32(3)4)58(85)86/h5-9,12-15,29,31-32,36,38-44,49,63H,10-11,16-28,30,59H2,1-4H3,(H2,60,73)(H2,61,74)(H2,62,75)(H,64,77)(H,65,80)(H,66,81)(H,67,82)(H,68,78)(H,69,83)(H,70,79)(H,85,86)/t36-,38-,39-,40-,41-,42-,43-,44-,49-/m0/s1. The number of nitrogens with one attached hydrogen (secondary N) is 8. The maximum absolute atomic E-state index is 14.9. The van der Waals surface area contributed by atoms with Gasteiger partial charge in [0.05, 0.1) is 12.6 Å². The summed E-state index contributed by atoms with van der Waals surface area (Å²) in [6, 6.07) is 3.66. The number of fused-ring (bicyclic) bond motifs is 1. The Morgan fingerprint density at radius 1 is 0.581 bits per heavy atom. The summed E-state index contributed by atoms with van der Waals surface area (Å²) in [7, 11) is 0. The lowest BCUT2D eigenvalue weighted by molar-refractivity contribution is -0.147. The van der Waals surface area contributed by atoms with Gasteiger partial charge in [-0.2, -0.15) is 0 Å². The molecule has 0 saturated carbocycles. The summed E-state index contributed by atoms with van der Waals surface area (Å²) in [6.07, 6.45) is 0.927. The van der Waals surface area contributed by atoms with Gasteiger partial charge in [-0.15, -0.1) is 0 Å². The van der Waals surface area contributed by atoms with Crippen LogP contribution < -0.4 is 60.2 Å². The van der Waals surface area contributed by atoms with Gasteiger partial charge in [-0.05, 0) is 80.4 Å². The van der Waals surface area contributed by atoms with E-state index in [1.54, 1.807) is 88.5 Å². The van der Waals surface area contributed by atoms with Crippen LogP contribution in [0.1, 0.15) is 109 Å². The highest BCUT2D eigenvalue weighted by Crippen LogP contribution is 2.26. The lowest BCUT2D eigenvalue weighted by Crippen LogP contribution is -2.61. The fourth-order valence-electron chi connectivity index (χ4n) is 10.4. The average Bonchev–Trinajstić information content (AvgIpc) is 2.37. The molecule has 12 amide bonds. The number of amides is 12. The lowest BCUT2D eigenvalue weighted by Gasteiger charge is -2.32. The molecule has 2 aromatic carbocycles. The number of aliphatic carboxylic acids is 1. The van der Waals surface area contributed by atoms with Crippen molar-refractivity contribution in [1.82, 2.24) is 52.0 Å². The first kappa shape index (κ1) is 67.8. The molecule has 28 heteroatoms. The van der Waals surface area contributed by atoms with Crippen LogP contribution in [0.15, 0.2) is 60.8 Å². The van der Waals surface area contributed by atoms with Crippen molar-refractivity contribution in [2.24, 2.45) is 34.8 Å². The Labute approximate surface area is 497 Å². The van der Waals surface area contributed by atoms with E-state index < -0.39 is 150 Å². The number of nitrogens with two attached hydrogens (primary N) is 4. The second-order valence-corrected chi connectivity index (χ2v) is 22.5. The van der Waals surface area contributed by atoms with Gasteiger partial charge < -0.3 is 80.0 Å². The molecule has 2 aliphatic heterocycles. The Kier molecular flexibility index (Phi) is 25.5. The minimum atomic E-state index is -1.57. The summed E-state index contributed by atoms with van der Waals surface area (Å²) in [6.45, 7) is 6.58. The van der Waals surface area contributed by atoms with Gasteiger partial charge in [0.2, 0.25) is 70.9 Å². The predicted molar refractivity (Wildman–Crippen MR) is 311 cm³/mol. The molecular weight excluding hydrogens is 1120 g/mol. The molecule has 0 unspecified atom stereocenters. The molecular formula is C58H82N14O14. The number of primary amides is 3. The second kappa shape index (κ2) is 32.4. The number of aromatic nitrogens is 1. The molecule has 28 nitrogen and oxygen atoms in total. The minimum absolute atomic E-state index is 0.0317. The smallest absolute Gasteiger partial charge is 0.326 e. The Bertz CT molecular complexity index is 2950. The van der Waals surface area contributed by atoms with Crippen molar-refractivity contribution in [3.63, 3.8) is 0 Å². The first-order chi connectivity index (χ1) is 40.7. The van der Waals surface area contributed by atoms with Crippen molar-refractivity contribution in [3.8, 4) is 0 Å². The lowest BCUT2D eigenvalue weighted by atomic mass is 10.00. The van der Waals surface area contributed by atoms with Crippen LogP contribution in [0.3, 0.4) is 0 Å². The number of rotatable bonds is 33. The molecule has 3 aromatic rings. The summed E-state index contributed by atoms with van der Waals surface area (Å²) in [5.41, 5.74) is 23.7. The Balaban J connectivity index is 1.38. The second-order valence-electron chi connectivity index (χ2n) is 22.5. The van der Waals surface area contributed by atoms with Gasteiger partial charge in [-0.1, -0.05) is 76.2 Å². The van der Waals surface area contributed by atoms with Crippen LogP contribution in [-0.2, 0) is 75.2 Å². The topological polar surface area (TPSA) is 453 Å². The van der Waals surface area contributed by atoms with E-state index in [2.05, 4.69) is 42.2 Å². The number of carbonyl (C=O) groups is 13. The number of hydrogen-bond acceptors (Lipinski definition) is 14. The molecule has 2 saturated heterocycles. The highest BCUT2D eigenvalue weighted by atomic mass is 16.4. The van der Waals surface area contributed by atoms with Gasteiger partial charge in [0, 0.05) is 62.3 Å². The van der Waals surface area contributed by atoms with E-state index in [0.29, 0.717) is 34.9 Å². The number of aromatic amines is 1. The van der Waals surface area contributed by atoms with Gasteiger partial charge in [0.1, 0.15) is 48.3 Å². The third-order valence-corrected chi connectivity index (χ3v) is 15.0. The van der Waals surface area contributed by atoms with Gasteiger partial charge >= 0.3 is 5.97 Å². The molecule has 2 aliphatic rings. The normalized spacial score (nSPS) is 17.2. The zero-order chi connectivity index (χ0) is 63.4. The van der Waals surface area contributed by atoms with Crippen LogP contribution in [0.2, 0.25) is 0 Å². The molecule has 1 aromatic heterocycles. The highest BCUT2D eigenvalue weighted by molar-refractivity contribution is 5.99. The maximum Gasteiger partial charge on any atom is 0.326 e. The van der Waals surface area contributed by atoms with Crippen LogP contribution >= 0.6 is 0 Å². The number of para-hydroxylation sites is 1. The molecule has 468 valence electrons. The van der Waals surface area contributed by atoms with Crippen molar-refractivity contribution in [1.29, 1.82) is 0 Å². The zero-order valence-electron chi connectivity index (χ0n) is 48.9. The number of carbonyl (C=O) groups excluding carboxylic acids is 12. The quantitative estimate of drug-likeness (QED) is 0.0310. The van der Waals surface area contributed by atoms with E-state index >= 15 is 0 Å². The molecule has 5 rings (SSSR count). The van der Waals surface area contributed by atoms with Crippen molar-refractivity contribution < 1.29 is 67.4 Å². The van der Waals surface area contributed by atoms with Gasteiger partial charge in [-0.3, -0.25) is 57.5 Å². The van der Waals surface area contributed by atoms with Crippen molar-refractivity contribution >= 4 is 87.8 Å². The summed E-state index contributed by atoms with van der Waals surface area (Å²) < 4.78 is 0. The third-order valence-electron chi connectivity index (χ3n) is 15.0. The van der Waals surface area contributed by atoms with E-state index in [4.69, 9.17) is 22.9 Å². The SMILES string of the molecule is CC(C)C[C@H](NC(=O)[C@@H]1CCCN1C(=O)[C@@H]1CCCN1C(=O)CNC(=O)[C@@H](N)CCC(N)=O)C(=O)N[C@@H](CCC(N)=O)C(=O)N[C@@H](Cc1c[nH]c2ccccc12)C(=O)N[C@@H](Cc1ccccc1)C(=O)N[C@@H](CCC(N)=O)C(=O)N[C@H](C(=O)O)C(C)C. The van der Waals surface area contributed by atoms with Crippen LogP contribution in [-0.4, -0.2) is 171 Å². The molecule has 86 heavy (non-hydrogen) atoms. The third kappa shape index (κ3) is 20.1. The fourth-order valence-corrected chi connectivity index (χ4v) is 10.4. The van der Waals surface area contributed by atoms with Gasteiger partial charge in [0.25, 0.3) is 0 Å². The summed E-state index contributed by atoms with van der Waals surface area (Å²) >= 11 is 0. The van der Waals surface area contributed by atoms with E-state index in [0.717, 1.165) is 0 Å². The number of hydrogen-bond donors (Lipinski definition) is 13. The summed E-state index contributed by atoms with van der Waals surface area (Å²) in [4.78, 5) is 180.